The molecule has 2 unspecified atom stereocenters. The summed E-state index contributed by atoms with van der Waals surface area (Å²) in [5.74, 6) is 0.0352. The van der Waals surface area contributed by atoms with Crippen LogP contribution >= 0.6 is 0 Å². The summed E-state index contributed by atoms with van der Waals surface area (Å²) in [5, 5.41) is 1.38. The van der Waals surface area contributed by atoms with Crippen LogP contribution in [0.3, 0.4) is 0 Å². The smallest absolute Gasteiger partial charge is 0.247 e. The number of hydrogen-bond acceptors (Lipinski definition) is 3. The first-order valence-electron chi connectivity index (χ1n) is 5.31. The van der Waals surface area contributed by atoms with Gasteiger partial charge in [-0.1, -0.05) is 6.92 Å². The largest absolute Gasteiger partial charge is 0.290 e. The molecule has 1 spiro atoms. The first-order chi connectivity index (χ1) is 7.52. The Morgan fingerprint density at radius 3 is 2.75 bits per heavy atom. The molecule has 1 fully saturated rings. The second kappa shape index (κ2) is 3.56. The van der Waals surface area contributed by atoms with Crippen molar-refractivity contribution in [1.82, 2.24) is 5.06 Å². The Kier molecular flexibility index (Phi) is 2.46. The number of carbonyl (C=O) groups is 2. The number of allylic oxidation sites excluding steroid dienone is 2. The molecular formula is C12H15NO3. The molecule has 1 amide bonds. The number of ketones is 1. The third kappa shape index (κ3) is 1.26. The van der Waals surface area contributed by atoms with Crippen molar-refractivity contribution in [3.05, 3.63) is 23.8 Å². The summed E-state index contributed by atoms with van der Waals surface area (Å²) in [6.45, 7) is 3.86. The Hall–Kier alpha value is -1.42. The van der Waals surface area contributed by atoms with E-state index in [1.54, 1.807) is 12.2 Å². The molecule has 86 valence electrons. The highest BCUT2D eigenvalue weighted by atomic mass is 16.7. The Morgan fingerprint density at radius 1 is 1.50 bits per heavy atom. The van der Waals surface area contributed by atoms with E-state index in [1.165, 1.54) is 18.2 Å². The lowest BCUT2D eigenvalue weighted by molar-refractivity contribution is -0.185. The topological polar surface area (TPSA) is 46.6 Å². The SMILES string of the molecule is CON1C(=O)CC(C)C12C=CC(=O)C=C2C. The van der Waals surface area contributed by atoms with Gasteiger partial charge < -0.3 is 0 Å². The predicted molar refractivity (Wildman–Crippen MR) is 58.3 cm³/mol. The summed E-state index contributed by atoms with van der Waals surface area (Å²) in [5.41, 5.74) is 0.292. The molecule has 1 aliphatic heterocycles. The standard InChI is InChI=1S/C12H15NO3/c1-8-6-10(14)4-5-12(8)9(2)7-11(15)13(12)16-3/h4-6,9H,7H2,1-3H3. The van der Waals surface area contributed by atoms with Crippen LogP contribution in [0.25, 0.3) is 0 Å². The molecule has 0 bridgehead atoms. The lowest BCUT2D eigenvalue weighted by atomic mass is 9.77. The maximum absolute atomic E-state index is 11.8. The zero-order chi connectivity index (χ0) is 11.9. The monoisotopic (exact) mass is 221 g/mol. The van der Waals surface area contributed by atoms with E-state index in [0.29, 0.717) is 6.42 Å². The van der Waals surface area contributed by atoms with E-state index in [1.807, 2.05) is 13.8 Å². The average Bonchev–Trinajstić information content (AvgIpc) is 2.45. The van der Waals surface area contributed by atoms with Crippen molar-refractivity contribution in [3.63, 3.8) is 0 Å². The molecule has 2 aliphatic rings. The predicted octanol–water partition coefficient (Wildman–Crippen LogP) is 1.24. The third-order valence-electron chi connectivity index (χ3n) is 3.47. The lowest BCUT2D eigenvalue weighted by Gasteiger charge is -2.39. The molecule has 0 aromatic carbocycles. The molecule has 1 aliphatic carbocycles. The van der Waals surface area contributed by atoms with Gasteiger partial charge in [0, 0.05) is 6.42 Å². The number of amides is 1. The van der Waals surface area contributed by atoms with Crippen molar-refractivity contribution in [1.29, 1.82) is 0 Å². The van der Waals surface area contributed by atoms with Crippen molar-refractivity contribution in [3.8, 4) is 0 Å². The van der Waals surface area contributed by atoms with Crippen LogP contribution in [0, 0.1) is 5.92 Å². The van der Waals surface area contributed by atoms with Crippen molar-refractivity contribution in [2.75, 3.05) is 7.11 Å². The van der Waals surface area contributed by atoms with Crippen LogP contribution in [-0.4, -0.2) is 29.4 Å². The Balaban J connectivity index is 2.51. The summed E-state index contributed by atoms with van der Waals surface area (Å²) in [6.07, 6.45) is 5.30. The zero-order valence-electron chi connectivity index (χ0n) is 9.69. The van der Waals surface area contributed by atoms with Gasteiger partial charge in [-0.05, 0) is 36.6 Å². The quantitative estimate of drug-likeness (QED) is 0.669. The van der Waals surface area contributed by atoms with Gasteiger partial charge in [0.15, 0.2) is 5.78 Å². The zero-order valence-corrected chi connectivity index (χ0v) is 9.69. The molecule has 0 aromatic heterocycles. The van der Waals surface area contributed by atoms with Crippen molar-refractivity contribution < 1.29 is 14.4 Å². The Bertz CT molecular complexity index is 410. The highest BCUT2D eigenvalue weighted by Crippen LogP contribution is 2.43. The molecular weight excluding hydrogens is 206 g/mol. The molecule has 0 N–H and O–H groups in total. The maximum Gasteiger partial charge on any atom is 0.247 e. The first kappa shape index (κ1) is 11.1. The fraction of sp³-hybridized carbons (Fsp3) is 0.500. The lowest BCUT2D eigenvalue weighted by Crippen LogP contribution is -2.48. The van der Waals surface area contributed by atoms with E-state index in [4.69, 9.17) is 4.84 Å². The number of carbonyl (C=O) groups excluding carboxylic acids is 2. The fourth-order valence-corrected chi connectivity index (χ4v) is 2.66. The minimum absolute atomic E-state index is 0.0364. The highest BCUT2D eigenvalue weighted by molar-refractivity contribution is 6.02. The van der Waals surface area contributed by atoms with Gasteiger partial charge in [0.05, 0.1) is 7.11 Å². The van der Waals surface area contributed by atoms with Gasteiger partial charge in [0.1, 0.15) is 5.54 Å². The summed E-state index contributed by atoms with van der Waals surface area (Å²) < 4.78 is 0. The second-order valence-electron chi connectivity index (χ2n) is 4.36. The highest BCUT2D eigenvalue weighted by Gasteiger charge is 2.52. The summed E-state index contributed by atoms with van der Waals surface area (Å²) in [4.78, 5) is 28.2. The average molecular weight is 221 g/mol. The van der Waals surface area contributed by atoms with E-state index < -0.39 is 5.54 Å². The number of rotatable bonds is 1. The molecule has 0 saturated carbocycles. The molecule has 2 atom stereocenters. The van der Waals surface area contributed by atoms with Crippen molar-refractivity contribution >= 4 is 11.7 Å². The third-order valence-corrected chi connectivity index (χ3v) is 3.47. The van der Waals surface area contributed by atoms with Gasteiger partial charge in [-0.2, -0.15) is 0 Å². The van der Waals surface area contributed by atoms with Crippen molar-refractivity contribution in [2.24, 2.45) is 5.92 Å². The minimum Gasteiger partial charge on any atom is -0.290 e. The summed E-state index contributed by atoms with van der Waals surface area (Å²) in [7, 11) is 1.48. The summed E-state index contributed by atoms with van der Waals surface area (Å²) in [6, 6.07) is 0. The van der Waals surface area contributed by atoms with Crippen LogP contribution < -0.4 is 0 Å². The second-order valence-corrected chi connectivity index (χ2v) is 4.36. The van der Waals surface area contributed by atoms with E-state index >= 15 is 0 Å². The molecule has 16 heavy (non-hydrogen) atoms. The Morgan fingerprint density at radius 2 is 2.19 bits per heavy atom. The van der Waals surface area contributed by atoms with Crippen LogP contribution in [0.5, 0.6) is 0 Å². The van der Waals surface area contributed by atoms with E-state index in [9.17, 15) is 9.59 Å². The van der Waals surface area contributed by atoms with E-state index in [0.717, 1.165) is 5.57 Å². The van der Waals surface area contributed by atoms with Gasteiger partial charge in [0.25, 0.3) is 0 Å². The van der Waals surface area contributed by atoms with Crippen LogP contribution in [0.4, 0.5) is 0 Å². The molecule has 1 saturated heterocycles. The number of hydrogen-bond donors (Lipinski definition) is 0. The van der Waals surface area contributed by atoms with Crippen LogP contribution in [0.2, 0.25) is 0 Å². The number of nitrogens with zero attached hydrogens (tertiary/aromatic N) is 1. The first-order valence-corrected chi connectivity index (χ1v) is 5.31. The van der Waals surface area contributed by atoms with Gasteiger partial charge in [-0.3, -0.25) is 14.4 Å². The van der Waals surface area contributed by atoms with Gasteiger partial charge >= 0.3 is 0 Å². The van der Waals surface area contributed by atoms with Gasteiger partial charge in [-0.25, -0.2) is 5.06 Å². The Labute approximate surface area is 94.5 Å². The van der Waals surface area contributed by atoms with Gasteiger partial charge in [-0.15, -0.1) is 0 Å². The van der Waals surface area contributed by atoms with Gasteiger partial charge in [0.2, 0.25) is 5.91 Å². The van der Waals surface area contributed by atoms with Crippen LogP contribution in [0.1, 0.15) is 20.3 Å². The van der Waals surface area contributed by atoms with E-state index in [-0.39, 0.29) is 17.6 Å². The van der Waals surface area contributed by atoms with Crippen LogP contribution in [0.15, 0.2) is 23.8 Å². The minimum atomic E-state index is -0.570. The summed E-state index contributed by atoms with van der Waals surface area (Å²) >= 11 is 0. The maximum atomic E-state index is 11.8. The fourth-order valence-electron chi connectivity index (χ4n) is 2.66. The van der Waals surface area contributed by atoms with Crippen molar-refractivity contribution in [2.45, 2.75) is 25.8 Å². The molecule has 0 aromatic rings. The molecule has 1 heterocycles. The molecule has 4 nitrogen and oxygen atoms in total. The molecule has 0 radical (unpaired) electrons. The molecule has 2 rings (SSSR count). The van der Waals surface area contributed by atoms with Crippen LogP contribution in [-0.2, 0) is 14.4 Å². The normalized spacial score (nSPS) is 33.8. The molecule has 4 heteroatoms. The number of hydroxylamine groups is 2. The van der Waals surface area contributed by atoms with E-state index in [2.05, 4.69) is 0 Å².